The van der Waals surface area contributed by atoms with E-state index in [4.69, 9.17) is 5.73 Å². The Labute approximate surface area is 96.8 Å². The van der Waals surface area contributed by atoms with E-state index in [0.717, 1.165) is 18.4 Å². The number of benzene rings is 1. The van der Waals surface area contributed by atoms with Crippen LogP contribution in [-0.2, 0) is 12.8 Å². The molecule has 1 aromatic rings. The molecular weight excluding hydrogens is 198 g/mol. The van der Waals surface area contributed by atoms with Crippen LogP contribution in [0.4, 0.5) is 0 Å². The van der Waals surface area contributed by atoms with Crippen molar-refractivity contribution in [3.8, 4) is 0 Å². The van der Waals surface area contributed by atoms with Gasteiger partial charge in [-0.2, -0.15) is 0 Å². The van der Waals surface area contributed by atoms with Crippen LogP contribution in [-0.4, -0.2) is 11.8 Å². The second-order valence-corrected chi connectivity index (χ2v) is 5.52. The lowest BCUT2D eigenvalue weighted by Crippen LogP contribution is -2.44. The fraction of sp³-hybridized carbons (Fsp3) is 0.500. The summed E-state index contributed by atoms with van der Waals surface area (Å²) >= 11 is 0. The standard InChI is InChI=1S/C14H19NO/c1-9(16)10-4-5-11-8-14(2,3)13(15)7-12(11)6-10/h4-6,13H,7-8,15H2,1-3H3. The van der Waals surface area contributed by atoms with Crippen molar-refractivity contribution in [2.75, 3.05) is 0 Å². The molecule has 16 heavy (non-hydrogen) atoms. The first-order chi connectivity index (χ1) is 7.40. The minimum absolute atomic E-state index is 0.126. The molecule has 2 heteroatoms. The average molecular weight is 217 g/mol. The normalized spacial score (nSPS) is 22.6. The van der Waals surface area contributed by atoms with E-state index >= 15 is 0 Å². The van der Waals surface area contributed by atoms with Gasteiger partial charge in [-0.1, -0.05) is 26.0 Å². The molecule has 0 amide bonds. The van der Waals surface area contributed by atoms with Crippen molar-refractivity contribution in [2.45, 2.75) is 39.7 Å². The third kappa shape index (κ3) is 1.90. The molecular formula is C14H19NO. The smallest absolute Gasteiger partial charge is 0.159 e. The second-order valence-electron chi connectivity index (χ2n) is 5.52. The van der Waals surface area contributed by atoms with Gasteiger partial charge in [0.1, 0.15) is 0 Å². The van der Waals surface area contributed by atoms with Crippen molar-refractivity contribution in [1.29, 1.82) is 0 Å². The van der Waals surface area contributed by atoms with Crippen molar-refractivity contribution in [1.82, 2.24) is 0 Å². The molecule has 86 valence electrons. The van der Waals surface area contributed by atoms with Crippen LogP contribution in [0.15, 0.2) is 18.2 Å². The van der Waals surface area contributed by atoms with E-state index in [1.165, 1.54) is 11.1 Å². The maximum atomic E-state index is 11.3. The van der Waals surface area contributed by atoms with Crippen LogP contribution in [0.25, 0.3) is 0 Å². The first kappa shape index (κ1) is 11.3. The predicted octanol–water partition coefficient (Wildman–Crippen LogP) is 2.34. The third-order valence-electron chi connectivity index (χ3n) is 3.70. The molecule has 0 heterocycles. The van der Waals surface area contributed by atoms with E-state index in [0.29, 0.717) is 0 Å². The summed E-state index contributed by atoms with van der Waals surface area (Å²) in [5.74, 6) is 0.126. The first-order valence-corrected chi connectivity index (χ1v) is 5.78. The highest BCUT2D eigenvalue weighted by Gasteiger charge is 2.32. The molecule has 0 saturated heterocycles. The zero-order valence-electron chi connectivity index (χ0n) is 10.2. The number of carbonyl (C=O) groups is 1. The predicted molar refractivity (Wildman–Crippen MR) is 65.6 cm³/mol. The molecule has 0 radical (unpaired) electrons. The van der Waals surface area contributed by atoms with E-state index in [9.17, 15) is 4.79 Å². The summed E-state index contributed by atoms with van der Waals surface area (Å²) in [6, 6.07) is 6.20. The molecule has 0 spiro atoms. The Bertz CT molecular complexity index is 434. The van der Waals surface area contributed by atoms with Crippen molar-refractivity contribution in [2.24, 2.45) is 11.1 Å². The van der Waals surface area contributed by atoms with Crippen molar-refractivity contribution in [3.63, 3.8) is 0 Å². The molecule has 1 unspecified atom stereocenters. The third-order valence-corrected chi connectivity index (χ3v) is 3.70. The SMILES string of the molecule is CC(=O)c1ccc2c(c1)CC(N)C(C)(C)C2. The van der Waals surface area contributed by atoms with Crippen LogP contribution >= 0.6 is 0 Å². The fourth-order valence-electron chi connectivity index (χ4n) is 2.34. The number of fused-ring (bicyclic) bond motifs is 1. The highest BCUT2D eigenvalue weighted by atomic mass is 16.1. The zero-order chi connectivity index (χ0) is 11.9. The lowest BCUT2D eigenvalue weighted by Gasteiger charge is -2.37. The van der Waals surface area contributed by atoms with Gasteiger partial charge in [0.2, 0.25) is 0 Å². The summed E-state index contributed by atoms with van der Waals surface area (Å²) in [5, 5.41) is 0. The molecule has 0 aliphatic heterocycles. The monoisotopic (exact) mass is 217 g/mol. The minimum atomic E-state index is 0.126. The Balaban J connectivity index is 2.40. The molecule has 1 aliphatic carbocycles. The largest absolute Gasteiger partial charge is 0.327 e. The summed E-state index contributed by atoms with van der Waals surface area (Å²) in [7, 11) is 0. The van der Waals surface area contributed by atoms with Crippen LogP contribution < -0.4 is 5.73 Å². The van der Waals surface area contributed by atoms with Gasteiger partial charge in [-0.3, -0.25) is 4.79 Å². The Morgan fingerprint density at radius 2 is 2.06 bits per heavy atom. The number of ketones is 1. The van der Waals surface area contributed by atoms with E-state index in [1.807, 2.05) is 12.1 Å². The van der Waals surface area contributed by atoms with E-state index in [1.54, 1.807) is 6.92 Å². The molecule has 0 bridgehead atoms. The highest BCUT2D eigenvalue weighted by molar-refractivity contribution is 5.94. The summed E-state index contributed by atoms with van der Waals surface area (Å²) in [6.45, 7) is 6.02. The van der Waals surface area contributed by atoms with Crippen LogP contribution in [0.3, 0.4) is 0 Å². The summed E-state index contributed by atoms with van der Waals surface area (Å²) < 4.78 is 0. The number of rotatable bonds is 1. The first-order valence-electron chi connectivity index (χ1n) is 5.78. The summed E-state index contributed by atoms with van der Waals surface area (Å²) in [6.07, 6.45) is 1.88. The number of Topliss-reactive ketones (excluding diaryl/α,β-unsaturated/α-hetero) is 1. The maximum absolute atomic E-state index is 11.3. The number of carbonyl (C=O) groups excluding carboxylic acids is 1. The quantitative estimate of drug-likeness (QED) is 0.734. The van der Waals surface area contributed by atoms with Crippen molar-refractivity contribution >= 4 is 5.78 Å². The van der Waals surface area contributed by atoms with Gasteiger partial charge in [0.25, 0.3) is 0 Å². The lowest BCUT2D eigenvalue weighted by molar-refractivity contribution is 0.101. The van der Waals surface area contributed by atoms with E-state index in [-0.39, 0.29) is 17.2 Å². The molecule has 2 N–H and O–H groups in total. The molecule has 2 rings (SSSR count). The molecule has 1 atom stereocenters. The van der Waals surface area contributed by atoms with Gasteiger partial charge in [0.15, 0.2) is 5.78 Å². The summed E-state index contributed by atoms with van der Waals surface area (Å²) in [4.78, 5) is 11.3. The number of hydrogen-bond acceptors (Lipinski definition) is 2. The van der Waals surface area contributed by atoms with Gasteiger partial charge in [-0.05, 0) is 42.4 Å². The van der Waals surface area contributed by atoms with Crippen molar-refractivity contribution in [3.05, 3.63) is 34.9 Å². The summed E-state index contributed by atoms with van der Waals surface area (Å²) in [5.41, 5.74) is 9.72. The molecule has 0 fully saturated rings. The Morgan fingerprint density at radius 1 is 1.38 bits per heavy atom. The van der Waals surface area contributed by atoms with Crippen LogP contribution in [0.5, 0.6) is 0 Å². The highest BCUT2D eigenvalue weighted by Crippen LogP contribution is 2.34. The minimum Gasteiger partial charge on any atom is -0.327 e. The van der Waals surface area contributed by atoms with Crippen LogP contribution in [0, 0.1) is 5.41 Å². The van der Waals surface area contributed by atoms with Gasteiger partial charge < -0.3 is 5.73 Å². The topological polar surface area (TPSA) is 43.1 Å². The van der Waals surface area contributed by atoms with Gasteiger partial charge in [0.05, 0.1) is 0 Å². The molecule has 1 aliphatic rings. The van der Waals surface area contributed by atoms with E-state index < -0.39 is 0 Å². The molecule has 1 aromatic carbocycles. The van der Waals surface area contributed by atoms with Gasteiger partial charge in [-0.15, -0.1) is 0 Å². The molecule has 0 saturated carbocycles. The van der Waals surface area contributed by atoms with Crippen LogP contribution in [0.2, 0.25) is 0 Å². The Kier molecular flexibility index (Phi) is 2.62. The van der Waals surface area contributed by atoms with Gasteiger partial charge in [0, 0.05) is 11.6 Å². The Hall–Kier alpha value is -1.15. The zero-order valence-corrected chi connectivity index (χ0v) is 10.2. The van der Waals surface area contributed by atoms with Crippen molar-refractivity contribution < 1.29 is 4.79 Å². The molecule has 2 nitrogen and oxygen atoms in total. The van der Waals surface area contributed by atoms with Crippen LogP contribution in [0.1, 0.15) is 42.3 Å². The van der Waals surface area contributed by atoms with Gasteiger partial charge in [-0.25, -0.2) is 0 Å². The fourth-order valence-corrected chi connectivity index (χ4v) is 2.34. The van der Waals surface area contributed by atoms with Gasteiger partial charge >= 0.3 is 0 Å². The average Bonchev–Trinajstić information content (AvgIpc) is 2.18. The maximum Gasteiger partial charge on any atom is 0.159 e. The number of hydrogen-bond donors (Lipinski definition) is 1. The molecule has 0 aromatic heterocycles. The lowest BCUT2D eigenvalue weighted by atomic mass is 9.71. The number of nitrogens with two attached hydrogens (primary N) is 1. The van der Waals surface area contributed by atoms with E-state index in [2.05, 4.69) is 19.9 Å². The Morgan fingerprint density at radius 3 is 2.69 bits per heavy atom. The second kappa shape index (κ2) is 3.70.